The summed E-state index contributed by atoms with van der Waals surface area (Å²) >= 11 is 0. The normalized spacial score (nSPS) is 19.6. The lowest BCUT2D eigenvalue weighted by Crippen LogP contribution is -2.56. The number of benzene rings is 3. The van der Waals surface area contributed by atoms with Crippen molar-refractivity contribution in [3.8, 4) is 0 Å². The summed E-state index contributed by atoms with van der Waals surface area (Å²) in [5.41, 5.74) is 3.89. The Bertz CT molecular complexity index is 1160. The number of para-hydroxylation sites is 1. The molecule has 1 unspecified atom stereocenters. The van der Waals surface area contributed by atoms with E-state index in [1.165, 1.54) is 17.7 Å². The highest BCUT2D eigenvalue weighted by Gasteiger charge is 2.41. The molecule has 0 bridgehead atoms. The number of aryl methyl sites for hydroxylation is 1. The van der Waals surface area contributed by atoms with Gasteiger partial charge in [-0.1, -0.05) is 30.3 Å². The molecular weight excluding hydrogens is 381 g/mol. The van der Waals surface area contributed by atoms with Gasteiger partial charge in [0.2, 0.25) is 0 Å². The monoisotopic (exact) mass is 401 g/mol. The van der Waals surface area contributed by atoms with Crippen molar-refractivity contribution in [1.29, 1.82) is 0 Å². The van der Waals surface area contributed by atoms with E-state index in [0.717, 1.165) is 36.3 Å². The van der Waals surface area contributed by atoms with E-state index in [1.54, 1.807) is 36.5 Å². The van der Waals surface area contributed by atoms with Crippen LogP contribution in [-0.2, 0) is 12.1 Å². The number of carbonyl (C=O) groups is 1. The lowest BCUT2D eigenvalue weighted by Gasteiger charge is -2.48. The molecule has 5 rings (SSSR count). The van der Waals surface area contributed by atoms with Crippen LogP contribution in [0.25, 0.3) is 0 Å². The second kappa shape index (κ2) is 6.99. The van der Waals surface area contributed by atoms with E-state index in [1.807, 2.05) is 12.1 Å². The summed E-state index contributed by atoms with van der Waals surface area (Å²) in [5, 5.41) is 12.9. The van der Waals surface area contributed by atoms with E-state index in [-0.39, 0.29) is 11.4 Å². The van der Waals surface area contributed by atoms with Gasteiger partial charge in [-0.25, -0.2) is 9.18 Å². The molecule has 5 nitrogen and oxygen atoms in total. The molecule has 0 aromatic heterocycles. The SMILES string of the molecule is O=C(O)c1ccc2c(c1)N=CC(c1ccc(F)cc1)(N1CCCc3ccccc31)N2. The Hall–Kier alpha value is -3.67. The number of hydrogen-bond donors (Lipinski definition) is 2. The number of aliphatic imine (C=N–C) groups is 1. The van der Waals surface area contributed by atoms with Gasteiger partial charge >= 0.3 is 5.97 Å². The van der Waals surface area contributed by atoms with Gasteiger partial charge in [-0.15, -0.1) is 0 Å². The Morgan fingerprint density at radius 2 is 1.90 bits per heavy atom. The molecule has 0 aliphatic carbocycles. The number of nitrogens with one attached hydrogen (secondary N) is 1. The lowest BCUT2D eigenvalue weighted by molar-refractivity contribution is 0.0697. The smallest absolute Gasteiger partial charge is 0.335 e. The van der Waals surface area contributed by atoms with Crippen LogP contribution < -0.4 is 10.2 Å². The van der Waals surface area contributed by atoms with Crippen molar-refractivity contribution >= 4 is 29.2 Å². The third kappa shape index (κ3) is 2.92. The number of carboxylic acids is 1. The fourth-order valence-electron chi connectivity index (χ4n) is 4.32. The van der Waals surface area contributed by atoms with Crippen LogP contribution in [0.15, 0.2) is 71.7 Å². The van der Waals surface area contributed by atoms with E-state index >= 15 is 0 Å². The molecule has 0 fully saturated rings. The van der Waals surface area contributed by atoms with Gasteiger partial charge < -0.3 is 15.3 Å². The standard InChI is InChI=1S/C24H20FN3O2/c25-19-10-8-18(9-11-19)24(28-13-3-5-16-4-1-2-6-22(16)28)15-26-21-14-17(23(29)30)7-12-20(21)27-24/h1-2,4,6-12,14-15,27H,3,5,13H2,(H,29,30). The predicted molar refractivity (Wildman–Crippen MR) is 115 cm³/mol. The highest BCUT2D eigenvalue weighted by atomic mass is 19.1. The summed E-state index contributed by atoms with van der Waals surface area (Å²) in [5.74, 6) is -1.29. The third-order valence-electron chi connectivity index (χ3n) is 5.78. The van der Waals surface area contributed by atoms with Crippen LogP contribution in [0.4, 0.5) is 21.5 Å². The summed E-state index contributed by atoms with van der Waals surface area (Å²) < 4.78 is 13.7. The average molecular weight is 401 g/mol. The van der Waals surface area contributed by atoms with E-state index in [9.17, 15) is 14.3 Å². The Labute approximate surface area is 173 Å². The van der Waals surface area contributed by atoms with Crippen LogP contribution in [0.5, 0.6) is 0 Å². The summed E-state index contributed by atoms with van der Waals surface area (Å²) in [6.07, 6.45) is 3.79. The van der Waals surface area contributed by atoms with E-state index < -0.39 is 11.6 Å². The van der Waals surface area contributed by atoms with Crippen LogP contribution in [0.1, 0.15) is 27.9 Å². The quantitative estimate of drug-likeness (QED) is 0.651. The first kappa shape index (κ1) is 18.4. The number of fused-ring (bicyclic) bond motifs is 2. The second-order valence-corrected chi connectivity index (χ2v) is 7.58. The van der Waals surface area contributed by atoms with Gasteiger partial charge in [0.05, 0.1) is 23.2 Å². The topological polar surface area (TPSA) is 64.9 Å². The van der Waals surface area contributed by atoms with Gasteiger partial charge in [0.25, 0.3) is 0 Å². The summed E-state index contributed by atoms with van der Waals surface area (Å²) in [6, 6.07) is 19.6. The molecule has 0 radical (unpaired) electrons. The molecule has 0 saturated carbocycles. The Kier molecular flexibility index (Phi) is 4.28. The molecule has 30 heavy (non-hydrogen) atoms. The molecule has 0 saturated heterocycles. The highest BCUT2D eigenvalue weighted by molar-refractivity contribution is 5.95. The molecule has 1 atom stereocenters. The van der Waals surface area contributed by atoms with Gasteiger partial charge in [-0.2, -0.15) is 0 Å². The summed E-state index contributed by atoms with van der Waals surface area (Å²) in [6.45, 7) is 0.802. The molecule has 3 aromatic carbocycles. The van der Waals surface area contributed by atoms with Gasteiger partial charge in [0, 0.05) is 17.8 Å². The van der Waals surface area contributed by atoms with Gasteiger partial charge in [-0.05, 0) is 54.8 Å². The highest BCUT2D eigenvalue weighted by Crippen LogP contribution is 2.42. The first-order valence-electron chi connectivity index (χ1n) is 9.89. The maximum atomic E-state index is 13.7. The first-order valence-corrected chi connectivity index (χ1v) is 9.89. The van der Waals surface area contributed by atoms with Crippen LogP contribution in [0, 0.1) is 5.82 Å². The zero-order valence-electron chi connectivity index (χ0n) is 16.2. The molecule has 2 heterocycles. The Morgan fingerprint density at radius 1 is 1.10 bits per heavy atom. The number of aromatic carboxylic acids is 1. The van der Waals surface area contributed by atoms with Crippen molar-refractivity contribution in [2.75, 3.05) is 16.8 Å². The molecule has 2 N–H and O–H groups in total. The molecular formula is C24H20FN3O2. The third-order valence-corrected chi connectivity index (χ3v) is 5.78. The van der Waals surface area contributed by atoms with Crippen molar-refractivity contribution in [2.45, 2.75) is 18.5 Å². The zero-order chi connectivity index (χ0) is 20.7. The van der Waals surface area contributed by atoms with Crippen molar-refractivity contribution in [3.05, 3.63) is 89.2 Å². The molecule has 2 aliphatic heterocycles. The number of nitrogens with zero attached hydrogens (tertiary/aromatic N) is 2. The minimum Gasteiger partial charge on any atom is -0.478 e. The predicted octanol–water partition coefficient (Wildman–Crippen LogP) is 4.96. The molecule has 0 amide bonds. The number of halogens is 1. The van der Waals surface area contributed by atoms with Crippen molar-refractivity contribution in [1.82, 2.24) is 0 Å². The number of rotatable bonds is 3. The molecule has 0 spiro atoms. The maximum absolute atomic E-state index is 13.7. The van der Waals surface area contributed by atoms with E-state index in [4.69, 9.17) is 0 Å². The average Bonchev–Trinajstić information content (AvgIpc) is 2.78. The largest absolute Gasteiger partial charge is 0.478 e. The fraction of sp³-hybridized carbons (Fsp3) is 0.167. The lowest BCUT2D eigenvalue weighted by atomic mass is 9.91. The number of hydrogen-bond acceptors (Lipinski definition) is 4. The molecule has 6 heteroatoms. The van der Waals surface area contributed by atoms with Crippen molar-refractivity contribution < 1.29 is 14.3 Å². The van der Waals surface area contributed by atoms with E-state index in [2.05, 4.69) is 27.3 Å². The minimum atomic E-state index is -0.992. The number of carboxylic acid groups (broad SMARTS) is 1. The second-order valence-electron chi connectivity index (χ2n) is 7.58. The van der Waals surface area contributed by atoms with E-state index in [0.29, 0.717) is 5.69 Å². The maximum Gasteiger partial charge on any atom is 0.335 e. The summed E-state index contributed by atoms with van der Waals surface area (Å²) in [4.78, 5) is 18.2. The number of anilines is 2. The summed E-state index contributed by atoms with van der Waals surface area (Å²) in [7, 11) is 0. The van der Waals surface area contributed by atoms with Gasteiger partial charge in [0.15, 0.2) is 5.66 Å². The van der Waals surface area contributed by atoms with Crippen molar-refractivity contribution in [2.24, 2.45) is 4.99 Å². The van der Waals surface area contributed by atoms with Crippen LogP contribution in [0.3, 0.4) is 0 Å². The first-order chi connectivity index (χ1) is 14.6. The molecule has 3 aromatic rings. The zero-order valence-corrected chi connectivity index (χ0v) is 16.2. The van der Waals surface area contributed by atoms with Gasteiger partial charge in [0.1, 0.15) is 5.82 Å². The van der Waals surface area contributed by atoms with Crippen LogP contribution in [-0.4, -0.2) is 23.8 Å². The Morgan fingerprint density at radius 3 is 2.70 bits per heavy atom. The van der Waals surface area contributed by atoms with Crippen molar-refractivity contribution in [3.63, 3.8) is 0 Å². The minimum absolute atomic E-state index is 0.185. The fourth-order valence-corrected chi connectivity index (χ4v) is 4.32. The van der Waals surface area contributed by atoms with Gasteiger partial charge in [-0.3, -0.25) is 4.99 Å². The van der Waals surface area contributed by atoms with Crippen LogP contribution >= 0.6 is 0 Å². The van der Waals surface area contributed by atoms with Crippen LogP contribution in [0.2, 0.25) is 0 Å². The molecule has 2 aliphatic rings. The Balaban J connectivity index is 1.68. The molecule has 150 valence electrons.